The number of nitrogens with zero attached hydrogens (tertiary/aromatic N) is 2. The van der Waals surface area contributed by atoms with Crippen LogP contribution < -0.4 is 16.2 Å². The van der Waals surface area contributed by atoms with Crippen molar-refractivity contribution < 1.29 is 14.6 Å². The van der Waals surface area contributed by atoms with Crippen LogP contribution in [0.1, 0.15) is 61.1 Å². The van der Waals surface area contributed by atoms with Gasteiger partial charge in [0.05, 0.1) is 25.1 Å². The van der Waals surface area contributed by atoms with Crippen LogP contribution in [-0.2, 0) is 6.42 Å². The van der Waals surface area contributed by atoms with Crippen molar-refractivity contribution in [3.63, 3.8) is 0 Å². The Hall–Kier alpha value is -1.80. The average molecular weight is 461 g/mol. The number of primary amides is 1. The number of amides is 1. The summed E-state index contributed by atoms with van der Waals surface area (Å²) >= 11 is 0. The third-order valence-electron chi connectivity index (χ3n) is 4.83. The van der Waals surface area contributed by atoms with Crippen molar-refractivity contribution in [3.8, 4) is 5.75 Å². The SMILES string of the molecule is C[C@H](O)[C@@H](CCc1ccccc1OCCCCCCN)n1cnc(C(N)=O)c1.Cl.Cl. The summed E-state index contributed by atoms with van der Waals surface area (Å²) in [6, 6.07) is 7.78. The molecule has 0 saturated carbocycles. The van der Waals surface area contributed by atoms with Gasteiger partial charge in [0, 0.05) is 6.20 Å². The van der Waals surface area contributed by atoms with Crippen LogP contribution in [0.3, 0.4) is 0 Å². The van der Waals surface area contributed by atoms with Crippen molar-refractivity contribution in [1.29, 1.82) is 0 Å². The molecule has 5 N–H and O–H groups in total. The number of nitrogens with two attached hydrogens (primary N) is 2. The van der Waals surface area contributed by atoms with Crippen LogP contribution >= 0.6 is 24.8 Å². The van der Waals surface area contributed by atoms with Gasteiger partial charge >= 0.3 is 0 Å². The summed E-state index contributed by atoms with van der Waals surface area (Å²) in [5.74, 6) is 0.308. The highest BCUT2D eigenvalue weighted by molar-refractivity contribution is 5.90. The minimum atomic E-state index is -0.592. The number of para-hydroxylation sites is 1. The number of ether oxygens (including phenoxy) is 1. The molecule has 0 radical (unpaired) electrons. The molecule has 0 aliphatic carbocycles. The summed E-state index contributed by atoms with van der Waals surface area (Å²) in [5, 5.41) is 10.2. The van der Waals surface area contributed by atoms with Crippen molar-refractivity contribution in [2.75, 3.05) is 13.2 Å². The first-order valence-corrected chi connectivity index (χ1v) is 9.95. The Labute approximate surface area is 191 Å². The van der Waals surface area contributed by atoms with Gasteiger partial charge in [0.15, 0.2) is 0 Å². The zero-order chi connectivity index (χ0) is 20.4. The number of aromatic nitrogens is 2. The number of unbranched alkanes of at least 4 members (excludes halogenated alkanes) is 3. The highest BCUT2D eigenvalue weighted by Gasteiger charge is 2.19. The van der Waals surface area contributed by atoms with Crippen molar-refractivity contribution >= 4 is 30.7 Å². The quantitative estimate of drug-likeness (QED) is 0.396. The third kappa shape index (κ3) is 8.92. The number of aryl methyl sites for hydroxylation is 1. The van der Waals surface area contributed by atoms with Crippen molar-refractivity contribution in [2.24, 2.45) is 11.5 Å². The lowest BCUT2D eigenvalue weighted by molar-refractivity contribution is 0.0994. The van der Waals surface area contributed by atoms with Crippen LogP contribution in [0.5, 0.6) is 5.75 Å². The molecule has 170 valence electrons. The second kappa shape index (κ2) is 15.1. The minimum Gasteiger partial charge on any atom is -0.493 e. The van der Waals surface area contributed by atoms with E-state index in [0.29, 0.717) is 13.0 Å². The van der Waals surface area contributed by atoms with Gasteiger partial charge in [-0.25, -0.2) is 4.98 Å². The number of rotatable bonds is 13. The van der Waals surface area contributed by atoms with Gasteiger partial charge in [-0.1, -0.05) is 31.0 Å². The zero-order valence-corrected chi connectivity index (χ0v) is 19.0. The number of benzene rings is 1. The van der Waals surface area contributed by atoms with E-state index in [9.17, 15) is 9.90 Å². The first-order chi connectivity index (χ1) is 13.5. The molecule has 30 heavy (non-hydrogen) atoms. The number of carbonyl (C=O) groups excluding carboxylic acids is 1. The summed E-state index contributed by atoms with van der Waals surface area (Å²) in [7, 11) is 0. The van der Waals surface area contributed by atoms with E-state index in [1.807, 2.05) is 24.3 Å². The molecule has 0 saturated heterocycles. The van der Waals surface area contributed by atoms with Crippen molar-refractivity contribution in [1.82, 2.24) is 9.55 Å². The number of aliphatic hydroxyl groups is 1. The van der Waals surface area contributed by atoms with Crippen LogP contribution in [-0.4, -0.2) is 39.8 Å². The highest BCUT2D eigenvalue weighted by Crippen LogP contribution is 2.25. The molecule has 9 heteroatoms. The molecule has 0 bridgehead atoms. The number of halogens is 2. The van der Waals surface area contributed by atoms with Gasteiger partial charge in [-0.05, 0) is 50.8 Å². The van der Waals surface area contributed by atoms with Crippen LogP contribution in [0, 0.1) is 0 Å². The lowest BCUT2D eigenvalue weighted by Gasteiger charge is -2.22. The lowest BCUT2D eigenvalue weighted by Crippen LogP contribution is -2.21. The van der Waals surface area contributed by atoms with Gasteiger partial charge in [-0.2, -0.15) is 0 Å². The predicted molar refractivity (Wildman–Crippen MR) is 124 cm³/mol. The summed E-state index contributed by atoms with van der Waals surface area (Å²) in [6.45, 7) is 3.16. The minimum absolute atomic E-state index is 0. The van der Waals surface area contributed by atoms with E-state index in [0.717, 1.165) is 50.0 Å². The van der Waals surface area contributed by atoms with Gasteiger partial charge in [-0.3, -0.25) is 4.79 Å². The van der Waals surface area contributed by atoms with Crippen LogP contribution in [0.4, 0.5) is 0 Å². The van der Waals surface area contributed by atoms with E-state index in [-0.39, 0.29) is 36.5 Å². The molecule has 0 fully saturated rings. The van der Waals surface area contributed by atoms with Gasteiger partial charge in [0.1, 0.15) is 11.4 Å². The molecule has 0 aliphatic heterocycles. The van der Waals surface area contributed by atoms with E-state index < -0.39 is 12.0 Å². The second-order valence-corrected chi connectivity index (χ2v) is 7.08. The van der Waals surface area contributed by atoms with Gasteiger partial charge in [0.25, 0.3) is 5.91 Å². The largest absolute Gasteiger partial charge is 0.493 e. The van der Waals surface area contributed by atoms with E-state index >= 15 is 0 Å². The number of hydrogen-bond acceptors (Lipinski definition) is 5. The molecule has 1 amide bonds. The molecule has 2 rings (SSSR count). The van der Waals surface area contributed by atoms with E-state index in [2.05, 4.69) is 4.98 Å². The van der Waals surface area contributed by atoms with Gasteiger partial charge < -0.3 is 25.9 Å². The maximum Gasteiger partial charge on any atom is 0.268 e. The Balaban J connectivity index is 0.00000420. The molecule has 2 aromatic rings. The van der Waals surface area contributed by atoms with E-state index in [1.165, 1.54) is 0 Å². The Morgan fingerprint density at radius 3 is 2.53 bits per heavy atom. The van der Waals surface area contributed by atoms with Crippen LogP contribution in [0.25, 0.3) is 0 Å². The second-order valence-electron chi connectivity index (χ2n) is 7.08. The molecule has 0 spiro atoms. The normalized spacial score (nSPS) is 12.4. The Kier molecular flexibility index (Phi) is 14.2. The smallest absolute Gasteiger partial charge is 0.268 e. The molecular weight excluding hydrogens is 427 g/mol. The fourth-order valence-electron chi connectivity index (χ4n) is 3.22. The number of aliphatic hydroxyl groups excluding tert-OH is 1. The van der Waals surface area contributed by atoms with E-state index in [1.54, 1.807) is 24.0 Å². The number of imidazole rings is 1. The predicted octanol–water partition coefficient (Wildman–Crippen LogP) is 3.28. The van der Waals surface area contributed by atoms with Crippen LogP contribution in [0.15, 0.2) is 36.8 Å². The van der Waals surface area contributed by atoms with Crippen LogP contribution in [0.2, 0.25) is 0 Å². The highest BCUT2D eigenvalue weighted by atomic mass is 35.5. The summed E-state index contributed by atoms with van der Waals surface area (Å²) in [5.41, 5.74) is 12.1. The topological polar surface area (TPSA) is 116 Å². The maximum atomic E-state index is 11.3. The summed E-state index contributed by atoms with van der Waals surface area (Å²) in [4.78, 5) is 15.3. The third-order valence-corrected chi connectivity index (χ3v) is 4.83. The Bertz CT molecular complexity index is 741. The average Bonchev–Trinajstić information content (AvgIpc) is 3.15. The number of carbonyl (C=O) groups is 1. The standard InChI is InChI=1S/C21H32N4O3.2ClH/c1-16(26)19(25-14-18(21(23)27)24-15-25)11-10-17-8-4-5-9-20(17)28-13-7-3-2-6-12-22;;/h4-5,8-9,14-16,19,26H,2-3,6-7,10-13,22H2,1H3,(H2,23,27);2*1H/t16-,19+;;/m0../s1. The van der Waals surface area contributed by atoms with Crippen molar-refractivity contribution in [2.45, 2.75) is 57.6 Å². The monoisotopic (exact) mass is 460 g/mol. The fourth-order valence-corrected chi connectivity index (χ4v) is 3.22. The molecule has 0 aliphatic rings. The first-order valence-electron chi connectivity index (χ1n) is 9.95. The summed E-state index contributed by atoms with van der Waals surface area (Å²) in [6.07, 6.45) is 8.28. The Morgan fingerprint density at radius 1 is 1.20 bits per heavy atom. The number of hydrogen-bond donors (Lipinski definition) is 3. The molecule has 0 unspecified atom stereocenters. The molecular formula is C21H34Cl2N4O3. The zero-order valence-electron chi connectivity index (χ0n) is 17.4. The molecule has 2 atom stereocenters. The maximum absolute atomic E-state index is 11.3. The molecule has 1 aromatic carbocycles. The Morgan fingerprint density at radius 2 is 1.90 bits per heavy atom. The summed E-state index contributed by atoms with van der Waals surface area (Å²) < 4.78 is 7.73. The van der Waals surface area contributed by atoms with Crippen molar-refractivity contribution in [3.05, 3.63) is 48.0 Å². The fraction of sp³-hybridized carbons (Fsp3) is 0.524. The lowest BCUT2D eigenvalue weighted by atomic mass is 10.0. The molecule has 1 heterocycles. The molecule has 1 aromatic heterocycles. The first kappa shape index (κ1) is 28.2. The van der Waals surface area contributed by atoms with E-state index in [4.69, 9.17) is 16.2 Å². The van der Waals surface area contributed by atoms with Gasteiger partial charge in [0.2, 0.25) is 0 Å². The molecule has 7 nitrogen and oxygen atoms in total. The van der Waals surface area contributed by atoms with Gasteiger partial charge in [-0.15, -0.1) is 24.8 Å².